The molecule has 8 nitrogen and oxygen atoms in total. The lowest BCUT2D eigenvalue weighted by atomic mass is 9.83. The summed E-state index contributed by atoms with van der Waals surface area (Å²) in [6, 6.07) is 1.78. The Hall–Kier alpha value is -1.93. The van der Waals surface area contributed by atoms with Crippen LogP contribution in [0.15, 0.2) is 12.3 Å². The van der Waals surface area contributed by atoms with Crippen LogP contribution in [0.4, 0.5) is 0 Å². The summed E-state index contributed by atoms with van der Waals surface area (Å²) in [5, 5.41) is 12.9. The van der Waals surface area contributed by atoms with E-state index in [0.29, 0.717) is 26.1 Å². The molecule has 8 heteroatoms. The quantitative estimate of drug-likeness (QED) is 0.556. The van der Waals surface area contributed by atoms with Crippen LogP contribution >= 0.6 is 0 Å². The van der Waals surface area contributed by atoms with Crippen LogP contribution in [0.25, 0.3) is 0 Å². The van der Waals surface area contributed by atoms with E-state index in [9.17, 15) is 9.59 Å². The number of hydrogen-bond acceptors (Lipinski definition) is 5. The monoisotopic (exact) mass is 379 g/mol. The van der Waals surface area contributed by atoms with Gasteiger partial charge in [0.15, 0.2) is 0 Å². The van der Waals surface area contributed by atoms with Gasteiger partial charge in [0.05, 0.1) is 18.7 Å². The molecule has 3 N–H and O–H groups in total. The topological polar surface area (TPSA) is 99.3 Å². The van der Waals surface area contributed by atoms with E-state index in [1.54, 1.807) is 6.20 Å². The third kappa shape index (κ3) is 7.30. The molecule has 1 aliphatic carbocycles. The molecule has 0 saturated heterocycles. The summed E-state index contributed by atoms with van der Waals surface area (Å²) >= 11 is 0. The second kappa shape index (κ2) is 11.0. The van der Waals surface area contributed by atoms with Gasteiger partial charge in [0.1, 0.15) is 0 Å². The van der Waals surface area contributed by atoms with E-state index >= 15 is 0 Å². The number of rotatable bonds is 10. The molecule has 27 heavy (non-hydrogen) atoms. The van der Waals surface area contributed by atoms with Crippen molar-refractivity contribution in [2.75, 3.05) is 33.8 Å². The fourth-order valence-electron chi connectivity index (χ4n) is 3.43. The van der Waals surface area contributed by atoms with Crippen molar-refractivity contribution < 1.29 is 14.3 Å². The van der Waals surface area contributed by atoms with Gasteiger partial charge in [-0.05, 0) is 45.8 Å². The molecule has 2 rings (SSSR count). The van der Waals surface area contributed by atoms with Crippen molar-refractivity contribution in [3.8, 4) is 0 Å². The van der Waals surface area contributed by atoms with Crippen molar-refractivity contribution in [3.05, 3.63) is 18.0 Å². The van der Waals surface area contributed by atoms with Gasteiger partial charge < -0.3 is 20.3 Å². The molecule has 0 unspecified atom stereocenters. The number of aromatic amines is 1. The molecule has 3 atom stereocenters. The first-order chi connectivity index (χ1) is 13.0. The van der Waals surface area contributed by atoms with Gasteiger partial charge in [0.25, 0.3) is 0 Å². The number of likely N-dealkylation sites (N-methyl/N-ethyl adjacent to an activating group) is 1. The Kier molecular flexibility index (Phi) is 8.74. The number of carbonyl (C=O) groups excluding carboxylic acids is 2. The molecule has 152 valence electrons. The van der Waals surface area contributed by atoms with Gasteiger partial charge in [-0.15, -0.1) is 0 Å². The summed E-state index contributed by atoms with van der Waals surface area (Å²) in [4.78, 5) is 26.6. The lowest BCUT2D eigenvalue weighted by molar-refractivity contribution is -0.130. The Balaban J connectivity index is 1.86. The van der Waals surface area contributed by atoms with Crippen molar-refractivity contribution in [2.24, 2.45) is 5.92 Å². The normalized spacial score (nSPS) is 22.6. The molecular formula is C19H33N5O3. The minimum atomic E-state index is -0.124. The van der Waals surface area contributed by atoms with E-state index in [1.807, 2.05) is 25.1 Å². The number of hydrogen-bond donors (Lipinski definition) is 3. The summed E-state index contributed by atoms with van der Waals surface area (Å²) in [7, 11) is 3.73. The van der Waals surface area contributed by atoms with Crippen molar-refractivity contribution in [3.63, 3.8) is 0 Å². The van der Waals surface area contributed by atoms with E-state index in [-0.39, 0.29) is 29.9 Å². The molecule has 2 amide bonds. The van der Waals surface area contributed by atoms with Gasteiger partial charge in [-0.1, -0.05) is 6.92 Å². The first-order valence-corrected chi connectivity index (χ1v) is 9.81. The van der Waals surface area contributed by atoms with Crippen molar-refractivity contribution in [1.82, 2.24) is 25.7 Å². The molecule has 0 aliphatic heterocycles. The van der Waals surface area contributed by atoms with Crippen LogP contribution in [0.3, 0.4) is 0 Å². The highest BCUT2D eigenvalue weighted by Crippen LogP contribution is 2.27. The number of aromatic nitrogens is 2. The number of carbonyl (C=O) groups is 2. The van der Waals surface area contributed by atoms with Crippen LogP contribution in [0.2, 0.25) is 0 Å². The third-order valence-electron chi connectivity index (χ3n) is 4.75. The highest BCUT2D eigenvalue weighted by molar-refractivity contribution is 5.80. The second-order valence-corrected chi connectivity index (χ2v) is 7.45. The number of H-pyrrole nitrogens is 1. The largest absolute Gasteiger partial charge is 0.376 e. The third-order valence-corrected chi connectivity index (χ3v) is 4.75. The maximum Gasteiger partial charge on any atom is 0.234 e. The van der Waals surface area contributed by atoms with Crippen molar-refractivity contribution in [2.45, 2.75) is 51.2 Å². The molecule has 1 aromatic rings. The first-order valence-electron chi connectivity index (χ1n) is 9.81. The summed E-state index contributed by atoms with van der Waals surface area (Å²) in [6.07, 6.45) is 5.52. The van der Waals surface area contributed by atoms with E-state index < -0.39 is 0 Å². The highest BCUT2D eigenvalue weighted by atomic mass is 16.5. The van der Waals surface area contributed by atoms with Gasteiger partial charge >= 0.3 is 0 Å². The van der Waals surface area contributed by atoms with Gasteiger partial charge in [0, 0.05) is 37.4 Å². The molecule has 1 aliphatic rings. The van der Waals surface area contributed by atoms with Crippen LogP contribution in [-0.4, -0.2) is 72.8 Å². The van der Waals surface area contributed by atoms with Crippen LogP contribution in [0.1, 0.15) is 38.3 Å². The molecule has 1 aromatic heterocycles. The fourth-order valence-corrected chi connectivity index (χ4v) is 3.43. The maximum atomic E-state index is 12.6. The summed E-state index contributed by atoms with van der Waals surface area (Å²) in [5.41, 5.74) is 1.00. The van der Waals surface area contributed by atoms with Crippen molar-refractivity contribution in [1.29, 1.82) is 0 Å². The number of nitrogens with zero attached hydrogens (tertiary/aromatic N) is 2. The predicted octanol–water partition coefficient (Wildman–Crippen LogP) is 0.710. The molecule has 0 radical (unpaired) electrons. The zero-order valence-electron chi connectivity index (χ0n) is 16.7. The SMILES string of the molecule is CCCO[C@@H]1CC[C@H](C(=O)NCCc2ccn[nH]2)C[C@H]1NC(=O)CN(C)C. The summed E-state index contributed by atoms with van der Waals surface area (Å²) < 4.78 is 5.94. The molecule has 1 heterocycles. The minimum absolute atomic E-state index is 0.0231. The fraction of sp³-hybridized carbons (Fsp3) is 0.737. The van der Waals surface area contributed by atoms with Crippen LogP contribution in [0.5, 0.6) is 0 Å². The number of nitrogens with one attached hydrogen (secondary N) is 3. The summed E-state index contributed by atoms with van der Waals surface area (Å²) in [5.74, 6) is -0.0800. The molecule has 0 spiro atoms. The van der Waals surface area contributed by atoms with Gasteiger partial charge in [-0.3, -0.25) is 14.7 Å². The Bertz CT molecular complexity index is 576. The second-order valence-electron chi connectivity index (χ2n) is 7.45. The lowest BCUT2D eigenvalue weighted by Crippen LogP contribution is -2.52. The van der Waals surface area contributed by atoms with Crippen molar-refractivity contribution >= 4 is 11.8 Å². The number of amides is 2. The zero-order chi connectivity index (χ0) is 19.6. The molecule has 0 bridgehead atoms. The highest BCUT2D eigenvalue weighted by Gasteiger charge is 2.35. The molecule has 1 saturated carbocycles. The Morgan fingerprint density at radius 1 is 1.37 bits per heavy atom. The Morgan fingerprint density at radius 2 is 2.19 bits per heavy atom. The lowest BCUT2D eigenvalue weighted by Gasteiger charge is -2.36. The first kappa shape index (κ1) is 21.4. The Labute approximate surface area is 161 Å². The Morgan fingerprint density at radius 3 is 2.85 bits per heavy atom. The minimum Gasteiger partial charge on any atom is -0.376 e. The van der Waals surface area contributed by atoms with Crippen LogP contribution < -0.4 is 10.6 Å². The van der Waals surface area contributed by atoms with Gasteiger partial charge in [0.2, 0.25) is 11.8 Å². The van der Waals surface area contributed by atoms with E-state index in [1.165, 1.54) is 0 Å². The van der Waals surface area contributed by atoms with E-state index in [4.69, 9.17) is 4.74 Å². The molecular weight excluding hydrogens is 346 g/mol. The van der Waals surface area contributed by atoms with Gasteiger partial charge in [-0.2, -0.15) is 5.10 Å². The molecule has 1 fully saturated rings. The smallest absolute Gasteiger partial charge is 0.234 e. The maximum absolute atomic E-state index is 12.6. The predicted molar refractivity (Wildman–Crippen MR) is 103 cm³/mol. The van der Waals surface area contributed by atoms with Gasteiger partial charge in [-0.25, -0.2) is 0 Å². The average molecular weight is 380 g/mol. The van der Waals surface area contributed by atoms with E-state index in [2.05, 4.69) is 27.8 Å². The zero-order valence-corrected chi connectivity index (χ0v) is 16.7. The average Bonchev–Trinajstić information content (AvgIpc) is 3.13. The summed E-state index contributed by atoms with van der Waals surface area (Å²) in [6.45, 7) is 3.65. The number of ether oxygens (including phenoxy) is 1. The molecule has 0 aromatic carbocycles. The van der Waals surface area contributed by atoms with Crippen LogP contribution in [-0.2, 0) is 20.7 Å². The standard InChI is InChI=1S/C19H33N5O3/c1-4-11-27-17-6-5-14(12-16(17)22-18(25)13-24(2)3)19(26)20-9-7-15-8-10-21-23-15/h8,10,14,16-17H,4-7,9,11-13H2,1-3H3,(H,20,26)(H,21,23)(H,22,25)/t14-,16+,17+/m0/s1. The van der Waals surface area contributed by atoms with E-state index in [0.717, 1.165) is 31.4 Å². The van der Waals surface area contributed by atoms with Crippen LogP contribution in [0, 0.1) is 5.92 Å².